The molecule has 0 bridgehead atoms. The highest BCUT2D eigenvalue weighted by Crippen LogP contribution is 2.40. The largest absolute Gasteiger partial charge is 0.0654 e. The van der Waals surface area contributed by atoms with Gasteiger partial charge in [-0.1, -0.05) is 105 Å². The molecule has 0 spiro atoms. The Kier molecular flexibility index (Phi) is 14.0. The van der Waals surface area contributed by atoms with Crippen LogP contribution in [0.3, 0.4) is 0 Å². The normalized spacial score (nSPS) is 14.4. The summed E-state index contributed by atoms with van der Waals surface area (Å²) in [5.41, 5.74) is 0.650. The van der Waals surface area contributed by atoms with Gasteiger partial charge in [-0.25, -0.2) is 0 Å². The highest BCUT2D eigenvalue weighted by atomic mass is 14.3. The predicted molar refractivity (Wildman–Crippen MR) is 94.1 cm³/mol. The van der Waals surface area contributed by atoms with Crippen LogP contribution < -0.4 is 0 Å². The minimum atomic E-state index is 0.650. The molecular formula is C20H41. The molecule has 0 aromatic heterocycles. The molecule has 1 atom stereocenters. The van der Waals surface area contributed by atoms with Crippen molar-refractivity contribution in [2.24, 2.45) is 5.41 Å². The van der Waals surface area contributed by atoms with E-state index in [1.54, 1.807) is 0 Å². The Morgan fingerprint density at radius 1 is 0.600 bits per heavy atom. The van der Waals surface area contributed by atoms with Crippen LogP contribution in [0.4, 0.5) is 0 Å². The van der Waals surface area contributed by atoms with Crippen LogP contribution in [0.2, 0.25) is 0 Å². The second-order valence-electron chi connectivity index (χ2n) is 6.79. The lowest BCUT2D eigenvalue weighted by Crippen LogP contribution is -2.20. The molecule has 0 aliphatic heterocycles. The van der Waals surface area contributed by atoms with Gasteiger partial charge in [-0.3, -0.25) is 0 Å². The molecule has 1 radical (unpaired) electrons. The zero-order valence-corrected chi connectivity index (χ0v) is 14.8. The number of hydrogen-bond donors (Lipinski definition) is 0. The van der Waals surface area contributed by atoms with Gasteiger partial charge in [0.15, 0.2) is 0 Å². The van der Waals surface area contributed by atoms with Crippen molar-refractivity contribution in [2.45, 2.75) is 117 Å². The molecule has 0 amide bonds. The van der Waals surface area contributed by atoms with Crippen LogP contribution >= 0.6 is 0 Å². The van der Waals surface area contributed by atoms with E-state index in [1.165, 1.54) is 89.9 Å². The maximum Gasteiger partial charge on any atom is -0.0300 e. The average Bonchev–Trinajstić information content (AvgIpc) is 2.48. The van der Waals surface area contributed by atoms with Crippen LogP contribution in [-0.2, 0) is 0 Å². The second-order valence-corrected chi connectivity index (χ2v) is 6.79. The molecule has 0 aromatic carbocycles. The minimum absolute atomic E-state index is 0.650. The van der Waals surface area contributed by atoms with Crippen LogP contribution in [0.25, 0.3) is 0 Å². The zero-order chi connectivity index (χ0) is 15.1. The van der Waals surface area contributed by atoms with E-state index in [0.717, 1.165) is 6.42 Å². The molecule has 0 aromatic rings. The first-order valence-electron chi connectivity index (χ1n) is 9.54. The van der Waals surface area contributed by atoms with E-state index < -0.39 is 0 Å². The molecule has 0 heterocycles. The van der Waals surface area contributed by atoms with E-state index in [1.807, 2.05) is 0 Å². The fourth-order valence-electron chi connectivity index (χ4n) is 3.44. The molecule has 0 fully saturated rings. The Morgan fingerprint density at radius 3 is 1.50 bits per heavy atom. The Morgan fingerprint density at radius 2 is 1.05 bits per heavy atom. The molecule has 20 heavy (non-hydrogen) atoms. The van der Waals surface area contributed by atoms with Gasteiger partial charge in [0.05, 0.1) is 0 Å². The fourth-order valence-corrected chi connectivity index (χ4v) is 3.44. The van der Waals surface area contributed by atoms with Crippen molar-refractivity contribution < 1.29 is 0 Å². The first-order valence-corrected chi connectivity index (χ1v) is 9.54. The average molecular weight is 282 g/mol. The van der Waals surface area contributed by atoms with Crippen molar-refractivity contribution in [3.05, 3.63) is 6.92 Å². The minimum Gasteiger partial charge on any atom is -0.0654 e. The summed E-state index contributed by atoms with van der Waals surface area (Å²) in [4.78, 5) is 0. The Labute approximate surface area is 130 Å². The van der Waals surface area contributed by atoms with E-state index in [0.29, 0.717) is 5.41 Å². The quantitative estimate of drug-likeness (QED) is 0.269. The number of hydrogen-bond acceptors (Lipinski definition) is 0. The third-order valence-electron chi connectivity index (χ3n) is 5.08. The number of unbranched alkanes of at least 4 members (excludes halogenated alkanes) is 8. The Balaban J connectivity index is 4.12. The van der Waals surface area contributed by atoms with Gasteiger partial charge >= 0.3 is 0 Å². The first kappa shape index (κ1) is 20.0. The lowest BCUT2D eigenvalue weighted by atomic mass is 9.72. The summed E-state index contributed by atoms with van der Waals surface area (Å²) < 4.78 is 0. The highest BCUT2D eigenvalue weighted by Gasteiger charge is 2.26. The van der Waals surface area contributed by atoms with Gasteiger partial charge in [-0.15, -0.1) is 0 Å². The van der Waals surface area contributed by atoms with Crippen LogP contribution in [0, 0.1) is 12.3 Å². The molecule has 0 rings (SSSR count). The SMILES string of the molecule is [CH2]CCCC(CC)(CCCCCC)CCCCCCC. The maximum atomic E-state index is 4.05. The lowest BCUT2D eigenvalue weighted by molar-refractivity contribution is 0.189. The summed E-state index contributed by atoms with van der Waals surface area (Å²) in [5.74, 6) is 0. The molecule has 0 aliphatic rings. The molecule has 0 saturated carbocycles. The highest BCUT2D eigenvalue weighted by molar-refractivity contribution is 4.78. The van der Waals surface area contributed by atoms with Crippen LogP contribution in [0.5, 0.6) is 0 Å². The second kappa shape index (κ2) is 14.0. The smallest absolute Gasteiger partial charge is 0.0300 e. The molecule has 0 aliphatic carbocycles. The van der Waals surface area contributed by atoms with Gasteiger partial charge in [-0.2, -0.15) is 0 Å². The van der Waals surface area contributed by atoms with E-state index in [-0.39, 0.29) is 0 Å². The van der Waals surface area contributed by atoms with E-state index in [2.05, 4.69) is 27.7 Å². The van der Waals surface area contributed by atoms with Gasteiger partial charge in [0.1, 0.15) is 0 Å². The molecule has 0 N–H and O–H groups in total. The molecule has 0 nitrogen and oxygen atoms in total. The van der Waals surface area contributed by atoms with E-state index in [9.17, 15) is 0 Å². The van der Waals surface area contributed by atoms with Crippen molar-refractivity contribution in [2.75, 3.05) is 0 Å². The van der Waals surface area contributed by atoms with Crippen LogP contribution in [-0.4, -0.2) is 0 Å². The molecule has 0 heteroatoms. The fraction of sp³-hybridized carbons (Fsp3) is 0.950. The van der Waals surface area contributed by atoms with Crippen molar-refractivity contribution in [3.63, 3.8) is 0 Å². The first-order chi connectivity index (χ1) is 9.74. The molecular weight excluding hydrogens is 240 g/mol. The summed E-state index contributed by atoms with van der Waals surface area (Å²) in [7, 11) is 0. The topological polar surface area (TPSA) is 0 Å². The summed E-state index contributed by atoms with van der Waals surface area (Å²) in [6.07, 6.45) is 21.0. The van der Waals surface area contributed by atoms with Crippen LogP contribution in [0.15, 0.2) is 0 Å². The lowest BCUT2D eigenvalue weighted by Gasteiger charge is -2.33. The van der Waals surface area contributed by atoms with Crippen molar-refractivity contribution in [1.82, 2.24) is 0 Å². The summed E-state index contributed by atoms with van der Waals surface area (Å²) in [6, 6.07) is 0. The van der Waals surface area contributed by atoms with Gasteiger partial charge in [0, 0.05) is 0 Å². The third kappa shape index (κ3) is 9.83. The van der Waals surface area contributed by atoms with Gasteiger partial charge in [0.25, 0.3) is 0 Å². The van der Waals surface area contributed by atoms with Crippen molar-refractivity contribution in [1.29, 1.82) is 0 Å². The monoisotopic (exact) mass is 281 g/mol. The van der Waals surface area contributed by atoms with Gasteiger partial charge in [0.2, 0.25) is 0 Å². The van der Waals surface area contributed by atoms with Gasteiger partial charge in [-0.05, 0) is 24.7 Å². The Hall–Kier alpha value is 0. The van der Waals surface area contributed by atoms with Crippen molar-refractivity contribution >= 4 is 0 Å². The van der Waals surface area contributed by atoms with Crippen molar-refractivity contribution in [3.8, 4) is 0 Å². The molecule has 1 unspecified atom stereocenters. The van der Waals surface area contributed by atoms with E-state index in [4.69, 9.17) is 0 Å². The molecule has 0 saturated heterocycles. The molecule has 121 valence electrons. The standard InChI is InChI=1S/C20H41/c1-5-9-12-14-16-19-20(8-4,17-11-7-3)18-15-13-10-6-2/h3,5-19H2,1-2,4H3. The predicted octanol–water partition coefficient (Wildman–Crippen LogP) is 7.72. The summed E-state index contributed by atoms with van der Waals surface area (Å²) in [5, 5.41) is 0. The number of rotatable bonds is 15. The third-order valence-corrected chi connectivity index (χ3v) is 5.08. The Bertz CT molecular complexity index is 184. The maximum absolute atomic E-state index is 4.05. The van der Waals surface area contributed by atoms with E-state index >= 15 is 0 Å². The van der Waals surface area contributed by atoms with Crippen LogP contribution in [0.1, 0.15) is 117 Å². The zero-order valence-electron chi connectivity index (χ0n) is 14.8. The summed E-state index contributed by atoms with van der Waals surface area (Å²) in [6.45, 7) is 11.1. The summed E-state index contributed by atoms with van der Waals surface area (Å²) >= 11 is 0. The van der Waals surface area contributed by atoms with Gasteiger partial charge < -0.3 is 0 Å².